The monoisotopic (exact) mass is 300 g/mol. The molecule has 1 heterocycles. The molecule has 1 saturated heterocycles. The second kappa shape index (κ2) is 7.45. The molecule has 5 nitrogen and oxygen atoms in total. The Morgan fingerprint density at radius 3 is 2.43 bits per heavy atom. The molecule has 5 heteroatoms. The summed E-state index contributed by atoms with van der Waals surface area (Å²) >= 11 is 0. The van der Waals surface area contributed by atoms with Gasteiger partial charge in [0.2, 0.25) is 0 Å². The minimum absolute atomic E-state index is 0.0342. The van der Waals surface area contributed by atoms with Crippen molar-refractivity contribution in [2.45, 2.75) is 65.7 Å². The van der Waals surface area contributed by atoms with E-state index < -0.39 is 5.60 Å². The molecule has 0 bridgehead atoms. The van der Waals surface area contributed by atoms with E-state index in [4.69, 9.17) is 4.74 Å². The highest BCUT2D eigenvalue weighted by Crippen LogP contribution is 2.21. The zero-order valence-corrected chi connectivity index (χ0v) is 14.3. The molecule has 0 aliphatic carbocycles. The standard InChI is InChI=1S/C16H32N2O3/c1-11(2)8-18-9-13(12(3)19)7-14(10-18)17-15(20)21-16(4,5)6/h11-14,19H,7-10H2,1-6H3,(H,17,20). The van der Waals surface area contributed by atoms with Crippen LogP contribution in [0.5, 0.6) is 0 Å². The number of likely N-dealkylation sites (tertiary alicyclic amines) is 1. The first-order valence-corrected chi connectivity index (χ1v) is 7.96. The van der Waals surface area contributed by atoms with Crippen molar-refractivity contribution in [2.75, 3.05) is 19.6 Å². The van der Waals surface area contributed by atoms with Gasteiger partial charge in [0, 0.05) is 25.7 Å². The lowest BCUT2D eigenvalue weighted by molar-refractivity contribution is 0.0277. The maximum absolute atomic E-state index is 11.9. The third-order valence-electron chi connectivity index (χ3n) is 3.58. The minimum atomic E-state index is -0.486. The number of nitrogens with one attached hydrogen (secondary N) is 1. The van der Waals surface area contributed by atoms with Crippen LogP contribution in [0.2, 0.25) is 0 Å². The number of aliphatic hydroxyl groups is 1. The third kappa shape index (κ3) is 7.14. The van der Waals surface area contributed by atoms with Crippen LogP contribution in [0.3, 0.4) is 0 Å². The van der Waals surface area contributed by atoms with Gasteiger partial charge in [0.15, 0.2) is 0 Å². The van der Waals surface area contributed by atoms with Crippen molar-refractivity contribution in [3.05, 3.63) is 0 Å². The number of rotatable bonds is 4. The van der Waals surface area contributed by atoms with E-state index in [1.54, 1.807) is 0 Å². The van der Waals surface area contributed by atoms with Gasteiger partial charge in [-0.05, 0) is 46.0 Å². The fourth-order valence-electron chi connectivity index (χ4n) is 2.83. The SMILES string of the molecule is CC(C)CN1CC(NC(=O)OC(C)(C)C)CC(C(C)O)C1. The van der Waals surface area contributed by atoms with Gasteiger partial charge in [-0.25, -0.2) is 4.79 Å². The summed E-state index contributed by atoms with van der Waals surface area (Å²) in [4.78, 5) is 14.2. The summed E-state index contributed by atoms with van der Waals surface area (Å²) in [6.07, 6.45) is 0.0667. The molecule has 0 saturated carbocycles. The molecule has 3 unspecified atom stereocenters. The van der Waals surface area contributed by atoms with Crippen molar-refractivity contribution in [3.63, 3.8) is 0 Å². The molecule has 1 rings (SSSR count). The number of carbonyl (C=O) groups is 1. The summed E-state index contributed by atoms with van der Waals surface area (Å²) in [6.45, 7) is 14.5. The molecule has 124 valence electrons. The van der Waals surface area contributed by atoms with Gasteiger partial charge in [-0.1, -0.05) is 13.8 Å². The van der Waals surface area contributed by atoms with E-state index >= 15 is 0 Å². The number of piperidine rings is 1. The van der Waals surface area contributed by atoms with Crippen molar-refractivity contribution in [1.82, 2.24) is 10.2 Å². The van der Waals surface area contributed by atoms with Crippen molar-refractivity contribution in [1.29, 1.82) is 0 Å². The number of hydrogen-bond acceptors (Lipinski definition) is 4. The first-order chi connectivity index (χ1) is 9.56. The molecule has 0 radical (unpaired) electrons. The molecule has 1 aliphatic rings. The fourth-order valence-corrected chi connectivity index (χ4v) is 2.83. The van der Waals surface area contributed by atoms with Crippen molar-refractivity contribution >= 4 is 6.09 Å². The normalized spacial score (nSPS) is 25.7. The lowest BCUT2D eigenvalue weighted by Gasteiger charge is -2.40. The number of aliphatic hydroxyl groups excluding tert-OH is 1. The Kier molecular flexibility index (Phi) is 6.47. The number of carbonyl (C=O) groups excluding carboxylic acids is 1. The predicted octanol–water partition coefficient (Wildman–Crippen LogP) is 2.24. The molecular formula is C16H32N2O3. The number of ether oxygens (including phenoxy) is 1. The fraction of sp³-hybridized carbons (Fsp3) is 0.938. The molecule has 0 aromatic rings. The number of nitrogens with zero attached hydrogens (tertiary/aromatic N) is 1. The van der Waals surface area contributed by atoms with E-state index in [2.05, 4.69) is 24.1 Å². The van der Waals surface area contributed by atoms with Crippen LogP contribution in [0.25, 0.3) is 0 Å². The summed E-state index contributed by atoms with van der Waals surface area (Å²) in [7, 11) is 0. The summed E-state index contributed by atoms with van der Waals surface area (Å²) in [6, 6.07) is 0.0342. The van der Waals surface area contributed by atoms with Crippen molar-refractivity contribution in [2.24, 2.45) is 11.8 Å². The largest absolute Gasteiger partial charge is 0.444 e. The zero-order chi connectivity index (χ0) is 16.2. The Morgan fingerprint density at radius 1 is 1.33 bits per heavy atom. The quantitative estimate of drug-likeness (QED) is 0.836. The van der Waals surface area contributed by atoms with Gasteiger partial charge in [0.1, 0.15) is 5.60 Å². The maximum Gasteiger partial charge on any atom is 0.407 e. The Hall–Kier alpha value is -0.810. The highest BCUT2D eigenvalue weighted by atomic mass is 16.6. The molecule has 1 fully saturated rings. The predicted molar refractivity (Wildman–Crippen MR) is 84.2 cm³/mol. The van der Waals surface area contributed by atoms with Crippen LogP contribution >= 0.6 is 0 Å². The molecule has 0 aromatic carbocycles. The van der Waals surface area contributed by atoms with Crippen LogP contribution in [-0.4, -0.2) is 53.5 Å². The molecule has 0 spiro atoms. The van der Waals surface area contributed by atoms with Gasteiger partial charge in [-0.15, -0.1) is 0 Å². The van der Waals surface area contributed by atoms with Gasteiger partial charge in [0.25, 0.3) is 0 Å². The van der Waals surface area contributed by atoms with Gasteiger partial charge in [-0.2, -0.15) is 0 Å². The van der Waals surface area contributed by atoms with Gasteiger partial charge in [0.05, 0.1) is 6.10 Å². The Balaban J connectivity index is 2.60. The molecule has 3 atom stereocenters. The summed E-state index contributed by atoms with van der Waals surface area (Å²) < 4.78 is 5.32. The Labute approximate surface area is 129 Å². The van der Waals surface area contributed by atoms with Crippen LogP contribution < -0.4 is 5.32 Å². The Morgan fingerprint density at radius 2 is 1.95 bits per heavy atom. The van der Waals surface area contributed by atoms with E-state index in [1.165, 1.54) is 0 Å². The smallest absolute Gasteiger partial charge is 0.407 e. The number of hydrogen-bond donors (Lipinski definition) is 2. The van der Waals surface area contributed by atoms with Crippen LogP contribution in [0.4, 0.5) is 4.79 Å². The summed E-state index contributed by atoms with van der Waals surface area (Å²) in [5.41, 5.74) is -0.486. The molecule has 1 amide bonds. The van der Waals surface area contributed by atoms with Crippen LogP contribution in [0.15, 0.2) is 0 Å². The highest BCUT2D eigenvalue weighted by Gasteiger charge is 2.31. The lowest BCUT2D eigenvalue weighted by Crippen LogP contribution is -2.54. The van der Waals surface area contributed by atoms with Crippen LogP contribution in [0, 0.1) is 11.8 Å². The van der Waals surface area contributed by atoms with Crippen LogP contribution in [0.1, 0.15) is 48.0 Å². The molecule has 0 aromatic heterocycles. The average Bonchev–Trinajstić information content (AvgIpc) is 2.24. The van der Waals surface area contributed by atoms with Crippen LogP contribution in [-0.2, 0) is 4.74 Å². The minimum Gasteiger partial charge on any atom is -0.444 e. The first kappa shape index (κ1) is 18.2. The number of alkyl carbamates (subject to hydrolysis) is 1. The van der Waals surface area contributed by atoms with Gasteiger partial charge >= 0.3 is 6.09 Å². The molecule has 2 N–H and O–H groups in total. The summed E-state index contributed by atoms with van der Waals surface area (Å²) in [5.74, 6) is 0.761. The first-order valence-electron chi connectivity index (χ1n) is 7.96. The van der Waals surface area contributed by atoms with Gasteiger partial charge in [-0.3, -0.25) is 0 Å². The highest BCUT2D eigenvalue weighted by molar-refractivity contribution is 5.68. The second-order valence-corrected chi connectivity index (χ2v) is 7.69. The zero-order valence-electron chi connectivity index (χ0n) is 14.3. The topological polar surface area (TPSA) is 61.8 Å². The van der Waals surface area contributed by atoms with E-state index in [1.807, 2.05) is 27.7 Å². The van der Waals surface area contributed by atoms with E-state index in [-0.39, 0.29) is 24.2 Å². The van der Waals surface area contributed by atoms with Gasteiger partial charge < -0.3 is 20.1 Å². The van der Waals surface area contributed by atoms with Crippen molar-refractivity contribution < 1.29 is 14.6 Å². The van der Waals surface area contributed by atoms with E-state index in [0.717, 1.165) is 26.1 Å². The molecule has 21 heavy (non-hydrogen) atoms. The summed E-state index contributed by atoms with van der Waals surface area (Å²) in [5, 5.41) is 12.8. The molecule has 1 aliphatic heterocycles. The second-order valence-electron chi connectivity index (χ2n) is 7.69. The lowest BCUT2D eigenvalue weighted by atomic mass is 9.90. The average molecular weight is 300 g/mol. The molecular weight excluding hydrogens is 268 g/mol. The van der Waals surface area contributed by atoms with E-state index in [9.17, 15) is 9.90 Å². The third-order valence-corrected chi connectivity index (χ3v) is 3.58. The maximum atomic E-state index is 11.9. The number of amides is 1. The van der Waals surface area contributed by atoms with Crippen molar-refractivity contribution in [3.8, 4) is 0 Å². The van der Waals surface area contributed by atoms with E-state index in [0.29, 0.717) is 5.92 Å². The Bertz CT molecular complexity index is 337.